The molecule has 0 aromatic heterocycles. The molecule has 1 unspecified atom stereocenters. The number of esters is 1. The molecule has 0 radical (unpaired) electrons. The van der Waals surface area contributed by atoms with Crippen LogP contribution in [0.4, 0.5) is 0 Å². The summed E-state index contributed by atoms with van der Waals surface area (Å²) in [5.41, 5.74) is 2.00. The molecule has 0 fully saturated rings. The maximum Gasteiger partial charge on any atom is 0.313 e. The van der Waals surface area contributed by atoms with E-state index in [4.69, 9.17) is 9.47 Å². The van der Waals surface area contributed by atoms with Gasteiger partial charge in [0.2, 0.25) is 0 Å². The molecule has 0 heterocycles. The number of carbonyl (C=O) groups is 1. The zero-order chi connectivity index (χ0) is 13.0. The van der Waals surface area contributed by atoms with Gasteiger partial charge in [0.1, 0.15) is 5.75 Å². The lowest BCUT2D eigenvalue weighted by Crippen LogP contribution is -2.20. The van der Waals surface area contributed by atoms with Crippen LogP contribution in [-0.4, -0.2) is 20.2 Å². The average molecular weight is 236 g/mol. The van der Waals surface area contributed by atoms with E-state index >= 15 is 0 Å². The minimum Gasteiger partial charge on any atom is -0.496 e. The normalized spacial score (nSPS) is 12.4. The van der Waals surface area contributed by atoms with E-state index < -0.39 is 0 Å². The topological polar surface area (TPSA) is 35.5 Å². The van der Waals surface area contributed by atoms with Crippen LogP contribution in [0.1, 0.15) is 30.9 Å². The third-order valence-electron chi connectivity index (χ3n) is 2.84. The lowest BCUT2D eigenvalue weighted by molar-refractivity contribution is -0.143. The molecule has 0 saturated heterocycles. The summed E-state index contributed by atoms with van der Waals surface area (Å²) >= 11 is 0. The highest BCUT2D eigenvalue weighted by Crippen LogP contribution is 2.33. The Morgan fingerprint density at radius 1 is 1.24 bits per heavy atom. The fourth-order valence-electron chi connectivity index (χ4n) is 1.98. The van der Waals surface area contributed by atoms with Crippen molar-refractivity contribution in [3.05, 3.63) is 29.3 Å². The monoisotopic (exact) mass is 236 g/mol. The Morgan fingerprint density at radius 3 is 2.35 bits per heavy atom. The molecule has 0 saturated carbocycles. The first-order valence-corrected chi connectivity index (χ1v) is 5.73. The van der Waals surface area contributed by atoms with E-state index in [9.17, 15) is 4.79 Å². The molecule has 3 heteroatoms. The smallest absolute Gasteiger partial charge is 0.313 e. The van der Waals surface area contributed by atoms with E-state index in [0.29, 0.717) is 0 Å². The summed E-state index contributed by atoms with van der Waals surface area (Å²) in [5.74, 6) is 0.400. The SMILES string of the molecule is COC(=O)C(c1cc(C)ccc1OC)C(C)C. The second-order valence-electron chi connectivity index (χ2n) is 4.49. The molecule has 1 rings (SSSR count). The average Bonchev–Trinajstić information content (AvgIpc) is 2.29. The highest BCUT2D eigenvalue weighted by molar-refractivity contribution is 5.79. The molecule has 0 amide bonds. The molecule has 1 aromatic carbocycles. The third-order valence-corrected chi connectivity index (χ3v) is 2.84. The van der Waals surface area contributed by atoms with Crippen LogP contribution in [0, 0.1) is 12.8 Å². The van der Waals surface area contributed by atoms with E-state index in [1.165, 1.54) is 7.11 Å². The predicted octanol–water partition coefficient (Wildman–Crippen LogP) is 2.92. The van der Waals surface area contributed by atoms with Crippen molar-refractivity contribution in [1.82, 2.24) is 0 Å². The number of aryl methyl sites for hydroxylation is 1. The van der Waals surface area contributed by atoms with Gasteiger partial charge in [-0.1, -0.05) is 31.5 Å². The van der Waals surface area contributed by atoms with Crippen molar-refractivity contribution in [3.63, 3.8) is 0 Å². The quantitative estimate of drug-likeness (QED) is 0.754. The van der Waals surface area contributed by atoms with Gasteiger partial charge in [0.25, 0.3) is 0 Å². The summed E-state index contributed by atoms with van der Waals surface area (Å²) in [6, 6.07) is 5.85. The van der Waals surface area contributed by atoms with Crippen LogP contribution in [0.5, 0.6) is 5.75 Å². The van der Waals surface area contributed by atoms with Crippen molar-refractivity contribution < 1.29 is 14.3 Å². The van der Waals surface area contributed by atoms with Crippen LogP contribution in [0.2, 0.25) is 0 Å². The number of rotatable bonds is 4. The van der Waals surface area contributed by atoms with Gasteiger partial charge in [-0.25, -0.2) is 0 Å². The van der Waals surface area contributed by atoms with E-state index in [2.05, 4.69) is 0 Å². The van der Waals surface area contributed by atoms with Crippen molar-refractivity contribution >= 4 is 5.97 Å². The predicted molar refractivity (Wildman–Crippen MR) is 67.3 cm³/mol. The minimum atomic E-state index is -0.283. The first-order chi connectivity index (χ1) is 8.01. The second-order valence-corrected chi connectivity index (χ2v) is 4.49. The Hall–Kier alpha value is -1.51. The zero-order valence-electron chi connectivity index (χ0n) is 11.1. The lowest BCUT2D eigenvalue weighted by atomic mass is 9.87. The number of hydrogen-bond donors (Lipinski definition) is 0. The molecule has 0 bridgehead atoms. The summed E-state index contributed by atoms with van der Waals surface area (Å²) in [5, 5.41) is 0. The van der Waals surface area contributed by atoms with Crippen LogP contribution in [0.15, 0.2) is 18.2 Å². The maximum absolute atomic E-state index is 11.9. The number of hydrogen-bond acceptors (Lipinski definition) is 3. The highest BCUT2D eigenvalue weighted by Gasteiger charge is 2.27. The second kappa shape index (κ2) is 5.71. The van der Waals surface area contributed by atoms with Gasteiger partial charge in [0.15, 0.2) is 0 Å². The molecule has 0 N–H and O–H groups in total. The van der Waals surface area contributed by atoms with E-state index in [1.54, 1.807) is 7.11 Å². The Bertz CT molecular complexity index is 396. The third kappa shape index (κ3) is 2.99. The number of carbonyl (C=O) groups excluding carboxylic acids is 1. The van der Waals surface area contributed by atoms with Gasteiger partial charge in [-0.15, -0.1) is 0 Å². The van der Waals surface area contributed by atoms with Crippen molar-refractivity contribution in [2.45, 2.75) is 26.7 Å². The number of methoxy groups -OCH3 is 2. The molecule has 0 aliphatic carbocycles. The van der Waals surface area contributed by atoms with E-state index in [0.717, 1.165) is 16.9 Å². The van der Waals surface area contributed by atoms with Gasteiger partial charge < -0.3 is 9.47 Å². The van der Waals surface area contributed by atoms with Crippen molar-refractivity contribution in [2.75, 3.05) is 14.2 Å². The fraction of sp³-hybridized carbons (Fsp3) is 0.500. The van der Waals surface area contributed by atoms with Crippen molar-refractivity contribution in [3.8, 4) is 5.75 Å². The van der Waals surface area contributed by atoms with Crippen LogP contribution >= 0.6 is 0 Å². The number of benzene rings is 1. The molecule has 3 nitrogen and oxygen atoms in total. The van der Waals surface area contributed by atoms with Gasteiger partial charge in [-0.3, -0.25) is 4.79 Å². The minimum absolute atomic E-state index is 0.165. The van der Waals surface area contributed by atoms with Crippen LogP contribution in [0.3, 0.4) is 0 Å². The zero-order valence-corrected chi connectivity index (χ0v) is 11.1. The molecule has 0 aliphatic heterocycles. The summed E-state index contributed by atoms with van der Waals surface area (Å²) in [6.07, 6.45) is 0. The Morgan fingerprint density at radius 2 is 1.88 bits per heavy atom. The summed E-state index contributed by atoms with van der Waals surface area (Å²) < 4.78 is 10.2. The summed E-state index contributed by atoms with van der Waals surface area (Å²) in [4.78, 5) is 11.9. The van der Waals surface area contributed by atoms with E-state index in [-0.39, 0.29) is 17.8 Å². The first kappa shape index (κ1) is 13.6. The molecule has 94 valence electrons. The highest BCUT2D eigenvalue weighted by atomic mass is 16.5. The molecule has 0 aliphatic rings. The molecule has 17 heavy (non-hydrogen) atoms. The van der Waals surface area contributed by atoms with Crippen molar-refractivity contribution in [2.24, 2.45) is 5.92 Å². The van der Waals surface area contributed by atoms with Gasteiger partial charge in [-0.2, -0.15) is 0 Å². The van der Waals surface area contributed by atoms with E-state index in [1.807, 2.05) is 39.0 Å². The maximum atomic E-state index is 11.9. The Balaban J connectivity index is 3.26. The van der Waals surface area contributed by atoms with Gasteiger partial charge in [0, 0.05) is 5.56 Å². The Kier molecular flexibility index (Phi) is 4.55. The summed E-state index contributed by atoms with van der Waals surface area (Å²) in [7, 11) is 3.03. The molecular formula is C14H20O3. The van der Waals surface area contributed by atoms with Gasteiger partial charge in [0.05, 0.1) is 20.1 Å². The lowest BCUT2D eigenvalue weighted by Gasteiger charge is -2.21. The van der Waals surface area contributed by atoms with Crippen LogP contribution in [-0.2, 0) is 9.53 Å². The van der Waals surface area contributed by atoms with Crippen LogP contribution in [0.25, 0.3) is 0 Å². The fourth-order valence-corrected chi connectivity index (χ4v) is 1.98. The summed E-state index contributed by atoms with van der Waals surface area (Å²) in [6.45, 7) is 6.00. The molecular weight excluding hydrogens is 216 g/mol. The van der Waals surface area contributed by atoms with Gasteiger partial charge >= 0.3 is 5.97 Å². The largest absolute Gasteiger partial charge is 0.496 e. The molecule has 1 aromatic rings. The first-order valence-electron chi connectivity index (χ1n) is 5.73. The van der Waals surface area contributed by atoms with Crippen molar-refractivity contribution in [1.29, 1.82) is 0 Å². The molecule has 1 atom stereocenters. The Labute approximate surface area is 103 Å². The standard InChI is InChI=1S/C14H20O3/c1-9(2)13(14(15)17-5)11-8-10(3)6-7-12(11)16-4/h6-9,13H,1-5H3. The van der Waals surface area contributed by atoms with Crippen LogP contribution < -0.4 is 4.74 Å². The molecule has 0 spiro atoms. The number of ether oxygens (including phenoxy) is 2. The van der Waals surface area contributed by atoms with Gasteiger partial charge in [-0.05, 0) is 18.9 Å².